The van der Waals surface area contributed by atoms with Crippen LogP contribution in [0.3, 0.4) is 0 Å². The van der Waals surface area contributed by atoms with E-state index in [-0.39, 0.29) is 11.2 Å². The molecule has 1 N–H and O–H groups in total. The number of allylic oxidation sites excluding steroid dienone is 4. The van der Waals surface area contributed by atoms with Crippen molar-refractivity contribution in [1.82, 2.24) is 5.32 Å². The normalized spacial score (nSPS) is 45.9. The molecular formula is C20H31NO. The van der Waals surface area contributed by atoms with Crippen molar-refractivity contribution in [2.45, 2.75) is 65.3 Å². The van der Waals surface area contributed by atoms with Gasteiger partial charge in [-0.25, -0.2) is 0 Å². The average Bonchev–Trinajstić information content (AvgIpc) is 2.92. The van der Waals surface area contributed by atoms with Gasteiger partial charge >= 0.3 is 0 Å². The van der Waals surface area contributed by atoms with Gasteiger partial charge in [0, 0.05) is 11.0 Å². The van der Waals surface area contributed by atoms with Crippen LogP contribution in [0.4, 0.5) is 0 Å². The van der Waals surface area contributed by atoms with Crippen LogP contribution >= 0.6 is 0 Å². The summed E-state index contributed by atoms with van der Waals surface area (Å²) in [6.45, 7) is 10.0. The monoisotopic (exact) mass is 301 g/mol. The fourth-order valence-corrected chi connectivity index (χ4v) is 5.78. The van der Waals surface area contributed by atoms with E-state index < -0.39 is 0 Å². The third-order valence-corrected chi connectivity index (χ3v) is 6.93. The summed E-state index contributed by atoms with van der Waals surface area (Å²) in [5, 5.41) is 3.77. The number of fused-ring (bicyclic) bond motifs is 5. The molecule has 1 aliphatic heterocycles. The van der Waals surface area contributed by atoms with Crippen LogP contribution in [0, 0.1) is 23.2 Å². The highest BCUT2D eigenvalue weighted by Crippen LogP contribution is 2.59. The van der Waals surface area contributed by atoms with Gasteiger partial charge in [-0.3, -0.25) is 4.79 Å². The molecule has 0 aromatic heterocycles. The SMILES string of the molecule is CC.CC12CCC3C(CCC4=CC(=O)C=CC43C)C1CCN2. The number of hydrogen-bond acceptors (Lipinski definition) is 2. The third kappa shape index (κ3) is 2.22. The molecule has 2 saturated carbocycles. The number of rotatable bonds is 0. The van der Waals surface area contributed by atoms with Crippen molar-refractivity contribution in [3.05, 3.63) is 23.8 Å². The van der Waals surface area contributed by atoms with Crippen LogP contribution in [0.2, 0.25) is 0 Å². The second-order valence-corrected chi connectivity index (χ2v) is 7.78. The van der Waals surface area contributed by atoms with Crippen LogP contribution < -0.4 is 5.32 Å². The highest BCUT2D eigenvalue weighted by atomic mass is 16.1. The second-order valence-electron chi connectivity index (χ2n) is 7.78. The fourth-order valence-electron chi connectivity index (χ4n) is 5.78. The van der Waals surface area contributed by atoms with Gasteiger partial charge in [-0.2, -0.15) is 0 Å². The Morgan fingerprint density at radius 3 is 2.68 bits per heavy atom. The van der Waals surface area contributed by atoms with E-state index in [0.29, 0.717) is 5.54 Å². The van der Waals surface area contributed by atoms with Gasteiger partial charge in [0.1, 0.15) is 0 Å². The number of nitrogens with one attached hydrogen (secondary N) is 1. The Bertz CT molecular complexity index is 520. The largest absolute Gasteiger partial charge is 0.311 e. The van der Waals surface area contributed by atoms with Crippen LogP contribution in [0.15, 0.2) is 23.8 Å². The lowest BCUT2D eigenvalue weighted by Gasteiger charge is -2.55. The summed E-state index contributed by atoms with van der Waals surface area (Å²) in [6.07, 6.45) is 12.3. The molecule has 4 rings (SSSR count). The number of carbonyl (C=O) groups excluding carboxylic acids is 1. The zero-order valence-corrected chi connectivity index (χ0v) is 14.6. The Morgan fingerprint density at radius 2 is 1.91 bits per heavy atom. The molecule has 122 valence electrons. The van der Waals surface area contributed by atoms with Gasteiger partial charge in [0.2, 0.25) is 0 Å². The minimum Gasteiger partial charge on any atom is -0.311 e. The Labute approximate surface area is 135 Å². The van der Waals surface area contributed by atoms with Gasteiger partial charge in [-0.1, -0.05) is 32.4 Å². The quantitative estimate of drug-likeness (QED) is 0.724. The molecule has 1 saturated heterocycles. The summed E-state index contributed by atoms with van der Waals surface area (Å²) >= 11 is 0. The first-order valence-electron chi connectivity index (χ1n) is 9.22. The van der Waals surface area contributed by atoms with Gasteiger partial charge in [0.25, 0.3) is 0 Å². The minimum atomic E-state index is 0.154. The van der Waals surface area contributed by atoms with Crippen molar-refractivity contribution in [3.8, 4) is 0 Å². The maximum Gasteiger partial charge on any atom is 0.178 e. The van der Waals surface area contributed by atoms with Crippen molar-refractivity contribution in [2.24, 2.45) is 23.2 Å². The molecule has 1 heterocycles. The lowest BCUT2D eigenvalue weighted by Crippen LogP contribution is -2.54. The highest BCUT2D eigenvalue weighted by Gasteiger charge is 2.55. The molecule has 0 bridgehead atoms. The average molecular weight is 301 g/mol. The summed E-state index contributed by atoms with van der Waals surface area (Å²) in [4.78, 5) is 11.7. The zero-order valence-electron chi connectivity index (χ0n) is 14.6. The number of carbonyl (C=O) groups is 1. The van der Waals surface area contributed by atoms with E-state index in [4.69, 9.17) is 0 Å². The fraction of sp³-hybridized carbons (Fsp3) is 0.750. The van der Waals surface area contributed by atoms with Gasteiger partial charge in [-0.05, 0) is 75.5 Å². The summed E-state index contributed by atoms with van der Waals surface area (Å²) in [6, 6.07) is 0. The molecule has 4 aliphatic rings. The van der Waals surface area contributed by atoms with Crippen LogP contribution in [-0.2, 0) is 4.79 Å². The maximum atomic E-state index is 11.7. The molecule has 0 amide bonds. The Morgan fingerprint density at radius 1 is 1.14 bits per heavy atom. The summed E-state index contributed by atoms with van der Waals surface area (Å²) in [5.41, 5.74) is 1.94. The molecule has 3 fully saturated rings. The zero-order chi connectivity index (χ0) is 16.0. The predicted molar refractivity (Wildman–Crippen MR) is 91.6 cm³/mol. The van der Waals surface area contributed by atoms with Gasteiger partial charge < -0.3 is 5.32 Å². The Balaban J connectivity index is 0.000000693. The summed E-state index contributed by atoms with van der Waals surface area (Å²) < 4.78 is 0. The van der Waals surface area contributed by atoms with Crippen LogP contribution in [-0.4, -0.2) is 17.9 Å². The molecule has 22 heavy (non-hydrogen) atoms. The Kier molecular flexibility index (Phi) is 4.09. The lowest BCUT2D eigenvalue weighted by atomic mass is 9.50. The third-order valence-electron chi connectivity index (χ3n) is 6.93. The smallest absolute Gasteiger partial charge is 0.178 e. The molecular weight excluding hydrogens is 270 g/mol. The van der Waals surface area contributed by atoms with Crippen molar-refractivity contribution < 1.29 is 4.79 Å². The standard InChI is InChI=1S/C18H25NO.C2H6/c1-17-8-5-13(20)11-12(17)3-4-14-15(17)6-9-18(2)16(14)7-10-19-18;1-2/h5,8,11,14-16,19H,3-4,6-7,9-10H2,1-2H3;1-2H3. The van der Waals surface area contributed by atoms with E-state index >= 15 is 0 Å². The molecule has 2 nitrogen and oxygen atoms in total. The van der Waals surface area contributed by atoms with Crippen LogP contribution in [0.25, 0.3) is 0 Å². The molecule has 0 radical (unpaired) electrons. The molecule has 5 atom stereocenters. The van der Waals surface area contributed by atoms with E-state index in [1.54, 1.807) is 0 Å². The first-order chi connectivity index (χ1) is 10.5. The first-order valence-corrected chi connectivity index (χ1v) is 9.22. The Hall–Kier alpha value is -0.890. The van der Waals surface area contributed by atoms with E-state index in [1.807, 2.05) is 26.0 Å². The van der Waals surface area contributed by atoms with Crippen molar-refractivity contribution in [3.63, 3.8) is 0 Å². The summed E-state index contributed by atoms with van der Waals surface area (Å²) in [7, 11) is 0. The topological polar surface area (TPSA) is 29.1 Å². The molecule has 0 aromatic rings. The highest BCUT2D eigenvalue weighted by molar-refractivity contribution is 6.01. The predicted octanol–water partition coefficient (Wildman–Crippen LogP) is 4.27. The van der Waals surface area contributed by atoms with Crippen molar-refractivity contribution >= 4 is 5.78 Å². The summed E-state index contributed by atoms with van der Waals surface area (Å²) in [5.74, 6) is 2.61. The first kappa shape index (κ1) is 16.0. The molecule has 2 heteroatoms. The molecule has 5 unspecified atom stereocenters. The van der Waals surface area contributed by atoms with E-state index in [1.165, 1.54) is 37.8 Å². The number of ketones is 1. The van der Waals surface area contributed by atoms with Gasteiger partial charge in [-0.15, -0.1) is 0 Å². The van der Waals surface area contributed by atoms with Crippen LogP contribution in [0.1, 0.15) is 59.8 Å². The second kappa shape index (κ2) is 5.63. The molecule has 3 aliphatic carbocycles. The molecule has 0 aromatic carbocycles. The van der Waals surface area contributed by atoms with Crippen molar-refractivity contribution in [1.29, 1.82) is 0 Å². The van der Waals surface area contributed by atoms with Crippen LogP contribution in [0.5, 0.6) is 0 Å². The maximum absolute atomic E-state index is 11.7. The van der Waals surface area contributed by atoms with Gasteiger partial charge in [0.05, 0.1) is 0 Å². The van der Waals surface area contributed by atoms with Gasteiger partial charge in [0.15, 0.2) is 5.78 Å². The van der Waals surface area contributed by atoms with E-state index in [9.17, 15) is 4.79 Å². The molecule has 0 spiro atoms. The minimum absolute atomic E-state index is 0.154. The lowest BCUT2D eigenvalue weighted by molar-refractivity contribution is -0.111. The number of hydrogen-bond donors (Lipinski definition) is 1. The van der Waals surface area contributed by atoms with E-state index in [2.05, 4.69) is 25.2 Å². The van der Waals surface area contributed by atoms with Crippen molar-refractivity contribution in [2.75, 3.05) is 6.54 Å². The van der Waals surface area contributed by atoms with E-state index in [0.717, 1.165) is 24.2 Å².